The number of carbonyl (C=O) groups excluding carboxylic acids is 2. The van der Waals surface area contributed by atoms with Crippen LogP contribution in [0.1, 0.15) is 18.1 Å². The van der Waals surface area contributed by atoms with Gasteiger partial charge in [-0.05, 0) is 30.0 Å². The van der Waals surface area contributed by atoms with Crippen LogP contribution in [0.3, 0.4) is 0 Å². The molecule has 1 atom stereocenters. The third-order valence-electron chi connectivity index (χ3n) is 3.52. The molecule has 0 heterocycles. The summed E-state index contributed by atoms with van der Waals surface area (Å²) >= 11 is 0. The van der Waals surface area contributed by atoms with Crippen LogP contribution in [0.25, 0.3) is 0 Å². The molecule has 0 aliphatic rings. The number of urea groups is 1. The molecule has 0 saturated heterocycles. The summed E-state index contributed by atoms with van der Waals surface area (Å²) in [6.07, 6.45) is 0.941. The van der Waals surface area contributed by atoms with Crippen LogP contribution in [-0.2, 0) is 17.6 Å². The molecular formula is C18H19N2O3-. The van der Waals surface area contributed by atoms with Gasteiger partial charge in [-0.1, -0.05) is 55.5 Å². The first-order valence-electron chi connectivity index (χ1n) is 7.50. The van der Waals surface area contributed by atoms with Crippen molar-refractivity contribution in [1.29, 1.82) is 0 Å². The highest BCUT2D eigenvalue weighted by atomic mass is 16.4. The van der Waals surface area contributed by atoms with Crippen LogP contribution in [-0.4, -0.2) is 18.0 Å². The van der Waals surface area contributed by atoms with E-state index in [0.29, 0.717) is 5.69 Å². The largest absolute Gasteiger partial charge is 0.548 e. The number of anilines is 1. The summed E-state index contributed by atoms with van der Waals surface area (Å²) < 4.78 is 0. The van der Waals surface area contributed by atoms with Gasteiger partial charge >= 0.3 is 6.03 Å². The van der Waals surface area contributed by atoms with E-state index in [4.69, 9.17) is 0 Å². The van der Waals surface area contributed by atoms with E-state index in [1.165, 1.54) is 0 Å². The molecule has 0 bridgehead atoms. The van der Waals surface area contributed by atoms with Crippen LogP contribution in [0.5, 0.6) is 0 Å². The molecule has 0 aliphatic carbocycles. The number of carbonyl (C=O) groups is 2. The first kappa shape index (κ1) is 16.5. The van der Waals surface area contributed by atoms with E-state index in [9.17, 15) is 14.7 Å². The van der Waals surface area contributed by atoms with E-state index in [1.807, 2.05) is 55.5 Å². The lowest BCUT2D eigenvalue weighted by molar-refractivity contribution is -0.308. The Kier molecular flexibility index (Phi) is 5.74. The third kappa shape index (κ3) is 4.85. The Morgan fingerprint density at radius 2 is 1.70 bits per heavy atom. The second-order valence-corrected chi connectivity index (χ2v) is 5.17. The Balaban J connectivity index is 2.02. The van der Waals surface area contributed by atoms with Crippen molar-refractivity contribution in [3.05, 3.63) is 65.7 Å². The smallest absolute Gasteiger partial charge is 0.319 e. The maximum absolute atomic E-state index is 12.1. The molecule has 23 heavy (non-hydrogen) atoms. The first-order valence-corrected chi connectivity index (χ1v) is 7.50. The van der Waals surface area contributed by atoms with Gasteiger partial charge in [0.05, 0.1) is 12.0 Å². The molecule has 2 aromatic carbocycles. The van der Waals surface area contributed by atoms with Gasteiger partial charge in [-0.2, -0.15) is 0 Å². The van der Waals surface area contributed by atoms with Gasteiger partial charge in [0.1, 0.15) is 0 Å². The molecule has 0 saturated carbocycles. The monoisotopic (exact) mass is 311 g/mol. The molecule has 120 valence electrons. The molecule has 0 spiro atoms. The van der Waals surface area contributed by atoms with E-state index >= 15 is 0 Å². The summed E-state index contributed by atoms with van der Waals surface area (Å²) in [4.78, 5) is 23.3. The molecule has 0 fully saturated rings. The zero-order valence-electron chi connectivity index (χ0n) is 12.9. The van der Waals surface area contributed by atoms with Gasteiger partial charge in [0.15, 0.2) is 0 Å². The fraction of sp³-hybridized carbons (Fsp3) is 0.222. The Hall–Kier alpha value is -2.82. The van der Waals surface area contributed by atoms with Crippen molar-refractivity contribution >= 4 is 17.7 Å². The molecule has 0 radical (unpaired) electrons. The standard InChI is InChI=1S/C18H20N2O3/c1-2-14-10-6-7-11-15(14)19-18(23)20-16(17(21)22)12-13-8-4-3-5-9-13/h3-11,16H,2,12H2,1H3,(H,21,22)(H2,19,20,23)/p-1/t16-/m0/s1. The zero-order valence-corrected chi connectivity index (χ0v) is 12.9. The van der Waals surface area contributed by atoms with Crippen LogP contribution in [0, 0.1) is 0 Å². The minimum Gasteiger partial charge on any atom is -0.548 e. The number of carboxylic acids is 1. The molecule has 2 aromatic rings. The lowest BCUT2D eigenvalue weighted by Crippen LogP contribution is -2.50. The molecule has 0 aliphatic heterocycles. The van der Waals surface area contributed by atoms with Crippen LogP contribution < -0.4 is 15.7 Å². The summed E-state index contributed by atoms with van der Waals surface area (Å²) in [6.45, 7) is 1.98. The number of hydrogen-bond donors (Lipinski definition) is 2. The molecule has 5 nitrogen and oxygen atoms in total. The maximum Gasteiger partial charge on any atom is 0.319 e. The van der Waals surface area contributed by atoms with Crippen molar-refractivity contribution in [2.45, 2.75) is 25.8 Å². The second kappa shape index (κ2) is 7.98. The summed E-state index contributed by atoms with van der Waals surface area (Å²) in [5.41, 5.74) is 2.47. The van der Waals surface area contributed by atoms with E-state index in [0.717, 1.165) is 17.5 Å². The predicted octanol–water partition coefficient (Wildman–Crippen LogP) is 1.73. The minimum absolute atomic E-state index is 0.173. The fourth-order valence-electron chi connectivity index (χ4n) is 2.31. The number of hydrogen-bond acceptors (Lipinski definition) is 3. The predicted molar refractivity (Wildman–Crippen MR) is 86.9 cm³/mol. The van der Waals surface area contributed by atoms with E-state index < -0.39 is 18.0 Å². The third-order valence-corrected chi connectivity index (χ3v) is 3.52. The van der Waals surface area contributed by atoms with Gasteiger partial charge in [0.25, 0.3) is 0 Å². The first-order chi connectivity index (χ1) is 11.1. The quantitative estimate of drug-likeness (QED) is 0.852. The molecule has 5 heteroatoms. The number of carboxylic acid groups (broad SMARTS) is 1. The summed E-state index contributed by atoms with van der Waals surface area (Å²) in [6, 6.07) is 14.8. The fourth-order valence-corrected chi connectivity index (χ4v) is 2.31. The lowest BCUT2D eigenvalue weighted by atomic mass is 10.1. The van der Waals surface area contributed by atoms with Gasteiger partial charge in [-0.15, -0.1) is 0 Å². The Bertz CT molecular complexity index is 671. The van der Waals surface area contributed by atoms with Crippen molar-refractivity contribution in [3.63, 3.8) is 0 Å². The van der Waals surface area contributed by atoms with Crippen molar-refractivity contribution in [1.82, 2.24) is 5.32 Å². The Labute approximate surface area is 135 Å². The minimum atomic E-state index is -1.31. The van der Waals surface area contributed by atoms with E-state index in [1.54, 1.807) is 6.07 Å². The number of aliphatic carboxylic acids is 1. The molecule has 2 rings (SSSR count). The van der Waals surface area contributed by atoms with Crippen molar-refractivity contribution < 1.29 is 14.7 Å². The SMILES string of the molecule is CCc1ccccc1NC(=O)N[C@@H](Cc1ccccc1)C(=O)[O-]. The van der Waals surface area contributed by atoms with Crippen LogP contribution in [0.2, 0.25) is 0 Å². The van der Waals surface area contributed by atoms with Gasteiger partial charge < -0.3 is 20.5 Å². The number of para-hydroxylation sites is 1. The normalized spacial score (nSPS) is 11.5. The molecule has 2 N–H and O–H groups in total. The topological polar surface area (TPSA) is 81.3 Å². The molecule has 0 unspecified atom stereocenters. The number of amides is 2. The van der Waals surface area contributed by atoms with Gasteiger partial charge in [-0.3, -0.25) is 0 Å². The highest BCUT2D eigenvalue weighted by Crippen LogP contribution is 2.15. The Morgan fingerprint density at radius 1 is 1.04 bits per heavy atom. The molecular weight excluding hydrogens is 292 g/mol. The zero-order chi connectivity index (χ0) is 16.7. The summed E-state index contributed by atoms with van der Waals surface area (Å²) in [7, 11) is 0. The van der Waals surface area contributed by atoms with E-state index in [-0.39, 0.29) is 6.42 Å². The number of rotatable bonds is 6. The number of benzene rings is 2. The number of aryl methyl sites for hydroxylation is 1. The van der Waals surface area contributed by atoms with E-state index in [2.05, 4.69) is 10.6 Å². The van der Waals surface area contributed by atoms with Crippen LogP contribution in [0.4, 0.5) is 10.5 Å². The second-order valence-electron chi connectivity index (χ2n) is 5.17. The molecule has 2 amide bonds. The molecule has 0 aromatic heterocycles. The lowest BCUT2D eigenvalue weighted by Gasteiger charge is -2.20. The maximum atomic E-state index is 12.1. The number of nitrogens with one attached hydrogen (secondary N) is 2. The summed E-state index contributed by atoms with van der Waals surface area (Å²) in [5.74, 6) is -1.31. The van der Waals surface area contributed by atoms with Crippen molar-refractivity contribution in [2.75, 3.05) is 5.32 Å². The van der Waals surface area contributed by atoms with Crippen LogP contribution >= 0.6 is 0 Å². The highest BCUT2D eigenvalue weighted by molar-refractivity contribution is 5.92. The van der Waals surface area contributed by atoms with Crippen molar-refractivity contribution in [3.8, 4) is 0 Å². The summed E-state index contributed by atoms with van der Waals surface area (Å²) in [5, 5.41) is 16.4. The van der Waals surface area contributed by atoms with Crippen molar-refractivity contribution in [2.24, 2.45) is 0 Å². The van der Waals surface area contributed by atoms with Gasteiger partial charge in [0.2, 0.25) is 0 Å². The highest BCUT2D eigenvalue weighted by Gasteiger charge is 2.15. The van der Waals surface area contributed by atoms with Gasteiger partial charge in [0, 0.05) is 5.69 Å². The Morgan fingerprint density at radius 3 is 2.35 bits per heavy atom. The average Bonchev–Trinajstić information content (AvgIpc) is 2.55. The average molecular weight is 311 g/mol. The van der Waals surface area contributed by atoms with Crippen LogP contribution in [0.15, 0.2) is 54.6 Å². The van der Waals surface area contributed by atoms with Gasteiger partial charge in [-0.25, -0.2) is 4.79 Å².